The third-order valence-electron chi connectivity index (χ3n) is 8.43. The fourth-order valence-corrected chi connectivity index (χ4v) is 8.92. The third-order valence-corrected chi connectivity index (χ3v) is 11.3. The monoisotopic (exact) mass is 582 g/mol. The van der Waals surface area contributed by atoms with Crippen molar-refractivity contribution in [1.82, 2.24) is 9.97 Å². The van der Waals surface area contributed by atoms with Crippen LogP contribution in [0.3, 0.4) is 0 Å². The van der Waals surface area contributed by atoms with Crippen LogP contribution in [0.25, 0.3) is 54.6 Å². The molecule has 8 aromatic rings. The molecular weight excluding hydrogens is 555 g/mol. The van der Waals surface area contributed by atoms with Gasteiger partial charge in [-0.05, 0) is 84.9 Å². The lowest BCUT2D eigenvalue weighted by Crippen LogP contribution is -2.28. The Labute approximate surface area is 255 Å². The highest BCUT2D eigenvalue weighted by molar-refractivity contribution is 7.84. The molecule has 0 bridgehead atoms. The SMILES string of the molecule is O=P(c1cccc(-c2c3ccccc3c(-c3cccc4ccccc34)c3ccccc23)c1)(c1ccccn1)c1ccccn1. The Hall–Kier alpha value is -5.37. The molecule has 2 heterocycles. The van der Waals surface area contributed by atoms with Crippen molar-refractivity contribution in [2.45, 2.75) is 0 Å². The molecule has 0 N–H and O–H groups in total. The van der Waals surface area contributed by atoms with Gasteiger partial charge in [0, 0.05) is 17.7 Å². The minimum absolute atomic E-state index is 0.525. The fraction of sp³-hybridized carbons (Fsp3) is 0. The number of benzene rings is 6. The molecule has 0 aliphatic heterocycles. The largest absolute Gasteiger partial charge is 0.305 e. The molecule has 0 fully saturated rings. The highest BCUT2D eigenvalue weighted by Crippen LogP contribution is 2.46. The van der Waals surface area contributed by atoms with Crippen LogP contribution in [-0.2, 0) is 4.57 Å². The first-order valence-electron chi connectivity index (χ1n) is 14.7. The van der Waals surface area contributed by atoms with Gasteiger partial charge in [0.25, 0.3) is 0 Å². The van der Waals surface area contributed by atoms with Crippen molar-refractivity contribution in [2.75, 3.05) is 0 Å². The smallest absolute Gasteiger partial charge is 0.205 e. The number of hydrogen-bond acceptors (Lipinski definition) is 3. The zero-order valence-electron chi connectivity index (χ0n) is 23.8. The van der Waals surface area contributed by atoms with E-state index in [1.165, 1.54) is 32.7 Å². The number of fused-ring (bicyclic) bond motifs is 3. The van der Waals surface area contributed by atoms with Crippen LogP contribution in [0.2, 0.25) is 0 Å². The summed E-state index contributed by atoms with van der Waals surface area (Å²) in [5.41, 5.74) is 5.61. The highest BCUT2D eigenvalue weighted by Gasteiger charge is 2.33. The second-order valence-electron chi connectivity index (χ2n) is 10.9. The average molecular weight is 583 g/mol. The standard InChI is InChI=1S/C40H27N2OP/c43-44(37-23-7-9-25-41-37,38-24-8-10-26-42-38)30-16-11-15-29(27-30)39-33-18-3-5-20-35(33)40(36-21-6-4-19-34(36)39)32-22-12-14-28-13-1-2-17-31(28)32/h1-27H. The number of nitrogens with zero attached hydrogens (tertiary/aromatic N) is 2. The molecule has 3 nitrogen and oxygen atoms in total. The van der Waals surface area contributed by atoms with E-state index in [1.54, 1.807) is 12.4 Å². The third kappa shape index (κ3) is 4.17. The maximum Gasteiger partial charge on any atom is 0.205 e. The first kappa shape index (κ1) is 26.3. The highest BCUT2D eigenvalue weighted by atomic mass is 31.2. The molecule has 2 aromatic heterocycles. The quantitative estimate of drug-likeness (QED) is 0.150. The van der Waals surface area contributed by atoms with Crippen LogP contribution < -0.4 is 16.2 Å². The van der Waals surface area contributed by atoms with Gasteiger partial charge in [-0.25, -0.2) is 0 Å². The number of rotatable bonds is 5. The first-order chi connectivity index (χ1) is 21.7. The zero-order chi connectivity index (χ0) is 29.5. The maximum atomic E-state index is 15.2. The first-order valence-corrected chi connectivity index (χ1v) is 16.4. The van der Waals surface area contributed by atoms with Crippen LogP contribution in [-0.4, -0.2) is 9.97 Å². The van der Waals surface area contributed by atoms with E-state index in [0.29, 0.717) is 16.2 Å². The van der Waals surface area contributed by atoms with E-state index in [0.717, 1.165) is 21.9 Å². The van der Waals surface area contributed by atoms with Crippen molar-refractivity contribution in [1.29, 1.82) is 0 Å². The summed E-state index contributed by atoms with van der Waals surface area (Å²) in [6.07, 6.45) is 3.39. The molecule has 8 rings (SSSR count). The van der Waals surface area contributed by atoms with Crippen molar-refractivity contribution in [3.8, 4) is 22.3 Å². The van der Waals surface area contributed by atoms with Gasteiger partial charge in [-0.1, -0.05) is 121 Å². The Morgan fingerprint density at radius 3 is 1.52 bits per heavy atom. The molecule has 0 saturated carbocycles. The Balaban J connectivity index is 1.44. The summed E-state index contributed by atoms with van der Waals surface area (Å²) in [6.45, 7) is 0. The summed E-state index contributed by atoms with van der Waals surface area (Å²) in [6, 6.07) is 51.7. The normalized spacial score (nSPS) is 11.7. The molecule has 0 amide bonds. The average Bonchev–Trinajstić information content (AvgIpc) is 3.11. The van der Waals surface area contributed by atoms with Crippen molar-refractivity contribution < 1.29 is 4.57 Å². The lowest BCUT2D eigenvalue weighted by molar-refractivity contribution is 0.591. The van der Waals surface area contributed by atoms with Gasteiger partial charge in [0.1, 0.15) is 10.9 Å². The van der Waals surface area contributed by atoms with Gasteiger partial charge in [-0.15, -0.1) is 0 Å². The van der Waals surface area contributed by atoms with Crippen LogP contribution in [0.5, 0.6) is 0 Å². The van der Waals surface area contributed by atoms with E-state index in [-0.39, 0.29) is 0 Å². The van der Waals surface area contributed by atoms with Crippen LogP contribution in [0.15, 0.2) is 164 Å². The summed E-state index contributed by atoms with van der Waals surface area (Å²) in [5, 5.41) is 7.81. The number of pyridine rings is 2. The summed E-state index contributed by atoms with van der Waals surface area (Å²) in [7, 11) is -3.35. The minimum atomic E-state index is -3.35. The van der Waals surface area contributed by atoms with E-state index in [4.69, 9.17) is 0 Å². The molecule has 208 valence electrons. The van der Waals surface area contributed by atoms with E-state index >= 15 is 4.57 Å². The molecule has 4 heteroatoms. The zero-order valence-corrected chi connectivity index (χ0v) is 24.7. The Kier molecular flexibility index (Phi) is 6.40. The van der Waals surface area contributed by atoms with E-state index in [2.05, 4.69) is 113 Å². The van der Waals surface area contributed by atoms with Gasteiger partial charge in [-0.2, -0.15) is 0 Å². The Morgan fingerprint density at radius 2 is 0.932 bits per heavy atom. The minimum Gasteiger partial charge on any atom is -0.305 e. The van der Waals surface area contributed by atoms with Crippen molar-refractivity contribution in [2.24, 2.45) is 0 Å². The molecule has 0 aliphatic carbocycles. The number of aromatic nitrogens is 2. The van der Waals surface area contributed by atoms with Gasteiger partial charge in [-0.3, -0.25) is 9.97 Å². The molecule has 0 aliphatic rings. The Bertz CT molecular complexity index is 2260. The number of hydrogen-bond donors (Lipinski definition) is 0. The Morgan fingerprint density at radius 1 is 0.432 bits per heavy atom. The molecule has 0 radical (unpaired) electrons. The fourth-order valence-electron chi connectivity index (χ4n) is 6.49. The van der Waals surface area contributed by atoms with Gasteiger partial charge >= 0.3 is 0 Å². The van der Waals surface area contributed by atoms with E-state index < -0.39 is 7.14 Å². The summed E-state index contributed by atoms with van der Waals surface area (Å²) >= 11 is 0. The molecule has 0 unspecified atom stereocenters. The summed E-state index contributed by atoms with van der Waals surface area (Å²) in [4.78, 5) is 9.15. The molecule has 0 saturated heterocycles. The second-order valence-corrected chi connectivity index (χ2v) is 13.6. The topological polar surface area (TPSA) is 42.9 Å². The van der Waals surface area contributed by atoms with Crippen molar-refractivity contribution in [3.63, 3.8) is 0 Å². The summed E-state index contributed by atoms with van der Waals surface area (Å²) < 4.78 is 15.2. The lowest BCUT2D eigenvalue weighted by Gasteiger charge is -2.21. The molecule has 0 atom stereocenters. The van der Waals surface area contributed by atoms with Crippen LogP contribution in [0, 0.1) is 0 Å². The molecule has 0 spiro atoms. The molecular formula is C40H27N2OP. The van der Waals surface area contributed by atoms with E-state index in [1.807, 2.05) is 48.5 Å². The predicted octanol–water partition coefficient (Wildman–Crippen LogP) is 8.91. The maximum absolute atomic E-state index is 15.2. The van der Waals surface area contributed by atoms with Gasteiger partial charge in [0.2, 0.25) is 7.14 Å². The van der Waals surface area contributed by atoms with Gasteiger partial charge in [0.05, 0.1) is 0 Å². The van der Waals surface area contributed by atoms with Crippen molar-refractivity contribution >= 4 is 55.6 Å². The van der Waals surface area contributed by atoms with Gasteiger partial charge in [0.15, 0.2) is 0 Å². The van der Waals surface area contributed by atoms with Crippen LogP contribution >= 0.6 is 7.14 Å². The molecule has 6 aromatic carbocycles. The lowest BCUT2D eigenvalue weighted by atomic mass is 9.85. The summed E-state index contributed by atoms with van der Waals surface area (Å²) in [5.74, 6) is 0. The van der Waals surface area contributed by atoms with Crippen molar-refractivity contribution in [3.05, 3.63) is 164 Å². The predicted molar refractivity (Wildman–Crippen MR) is 185 cm³/mol. The van der Waals surface area contributed by atoms with Crippen LogP contribution in [0.1, 0.15) is 0 Å². The molecule has 44 heavy (non-hydrogen) atoms. The van der Waals surface area contributed by atoms with E-state index in [9.17, 15) is 0 Å². The second kappa shape index (κ2) is 10.7. The van der Waals surface area contributed by atoms with Gasteiger partial charge < -0.3 is 4.57 Å². The van der Waals surface area contributed by atoms with Crippen LogP contribution in [0.4, 0.5) is 0 Å².